The van der Waals surface area contributed by atoms with Gasteiger partial charge in [-0.3, -0.25) is 9.59 Å². The highest BCUT2D eigenvalue weighted by Crippen LogP contribution is 2.20. The molecule has 0 aliphatic carbocycles. The number of aliphatic carboxylic acids is 1. The van der Waals surface area contributed by atoms with Crippen molar-refractivity contribution in [3.8, 4) is 0 Å². The van der Waals surface area contributed by atoms with Crippen LogP contribution in [0.5, 0.6) is 0 Å². The summed E-state index contributed by atoms with van der Waals surface area (Å²) in [6.07, 6.45) is 0.943. The standard InChI is InChI=1S/C13H24N2O5S/c1-4-21(19,20)15-7-5-11(6-8-15)12(16)14-10(3)9(2)13(17)18/h9-11H,4-8H2,1-3H3,(H,14,16)(H,17,18). The second-order valence-corrected chi connectivity index (χ2v) is 7.76. The lowest BCUT2D eigenvalue weighted by Gasteiger charge is -2.31. The number of hydrogen-bond acceptors (Lipinski definition) is 4. The van der Waals surface area contributed by atoms with Crippen LogP contribution in [0, 0.1) is 11.8 Å². The van der Waals surface area contributed by atoms with Crippen molar-refractivity contribution in [1.29, 1.82) is 0 Å². The third-order valence-electron chi connectivity index (χ3n) is 4.09. The third-order valence-corrected chi connectivity index (χ3v) is 5.97. The number of rotatable bonds is 6. The number of nitrogens with zero attached hydrogens (tertiary/aromatic N) is 1. The number of carbonyl (C=O) groups is 2. The zero-order valence-corrected chi connectivity index (χ0v) is 13.5. The largest absolute Gasteiger partial charge is 0.481 e. The van der Waals surface area contributed by atoms with E-state index in [0.717, 1.165) is 0 Å². The van der Waals surface area contributed by atoms with Crippen LogP contribution in [0.25, 0.3) is 0 Å². The predicted molar refractivity (Wildman–Crippen MR) is 78.2 cm³/mol. The molecule has 0 saturated carbocycles. The van der Waals surface area contributed by atoms with Gasteiger partial charge in [-0.1, -0.05) is 0 Å². The molecule has 8 heteroatoms. The van der Waals surface area contributed by atoms with E-state index in [4.69, 9.17) is 5.11 Å². The molecule has 1 amide bonds. The normalized spacial score (nSPS) is 20.7. The van der Waals surface area contributed by atoms with Gasteiger partial charge in [0.05, 0.1) is 11.7 Å². The predicted octanol–water partition coefficient (Wildman–Crippen LogP) is 0.274. The Morgan fingerprint density at radius 2 is 1.81 bits per heavy atom. The molecular weight excluding hydrogens is 296 g/mol. The molecule has 1 aliphatic rings. The Balaban J connectivity index is 2.51. The third kappa shape index (κ3) is 4.67. The first-order valence-corrected chi connectivity index (χ1v) is 8.81. The van der Waals surface area contributed by atoms with Crippen LogP contribution in [0.4, 0.5) is 0 Å². The van der Waals surface area contributed by atoms with Gasteiger partial charge in [0, 0.05) is 25.0 Å². The summed E-state index contributed by atoms with van der Waals surface area (Å²) in [5.41, 5.74) is 0. The van der Waals surface area contributed by atoms with Crippen LogP contribution in [0.3, 0.4) is 0 Å². The fourth-order valence-electron chi connectivity index (χ4n) is 2.26. The number of sulfonamides is 1. The topological polar surface area (TPSA) is 104 Å². The molecule has 122 valence electrons. The van der Waals surface area contributed by atoms with E-state index in [1.54, 1.807) is 20.8 Å². The highest BCUT2D eigenvalue weighted by atomic mass is 32.2. The maximum Gasteiger partial charge on any atom is 0.308 e. The van der Waals surface area contributed by atoms with Crippen molar-refractivity contribution in [2.45, 2.75) is 39.7 Å². The number of amides is 1. The van der Waals surface area contributed by atoms with Crippen LogP contribution in [-0.2, 0) is 19.6 Å². The van der Waals surface area contributed by atoms with Gasteiger partial charge in [-0.05, 0) is 33.6 Å². The zero-order valence-electron chi connectivity index (χ0n) is 12.7. The molecule has 21 heavy (non-hydrogen) atoms. The van der Waals surface area contributed by atoms with Crippen molar-refractivity contribution in [3.63, 3.8) is 0 Å². The molecule has 2 unspecified atom stereocenters. The number of carboxylic acids is 1. The average Bonchev–Trinajstić information content (AvgIpc) is 2.46. The molecular formula is C13H24N2O5S. The quantitative estimate of drug-likeness (QED) is 0.731. The number of carboxylic acid groups (broad SMARTS) is 1. The monoisotopic (exact) mass is 320 g/mol. The Labute approximate surface area is 125 Å². The van der Waals surface area contributed by atoms with Gasteiger partial charge in [0.25, 0.3) is 0 Å². The highest BCUT2D eigenvalue weighted by Gasteiger charge is 2.31. The molecule has 0 radical (unpaired) electrons. The Kier molecular flexibility index (Phi) is 6.15. The second-order valence-electron chi connectivity index (χ2n) is 5.50. The van der Waals surface area contributed by atoms with Gasteiger partial charge in [-0.25, -0.2) is 12.7 Å². The van der Waals surface area contributed by atoms with E-state index in [2.05, 4.69) is 5.32 Å². The van der Waals surface area contributed by atoms with Gasteiger partial charge in [0.2, 0.25) is 15.9 Å². The van der Waals surface area contributed by atoms with Crippen molar-refractivity contribution < 1.29 is 23.1 Å². The van der Waals surface area contributed by atoms with E-state index < -0.39 is 28.0 Å². The van der Waals surface area contributed by atoms with Crippen LogP contribution in [0.15, 0.2) is 0 Å². The van der Waals surface area contributed by atoms with E-state index in [1.807, 2.05) is 0 Å². The summed E-state index contributed by atoms with van der Waals surface area (Å²) in [5, 5.41) is 11.6. The minimum Gasteiger partial charge on any atom is -0.481 e. The van der Waals surface area contributed by atoms with E-state index in [-0.39, 0.29) is 17.6 Å². The minimum absolute atomic E-state index is 0.0665. The Morgan fingerprint density at radius 3 is 2.24 bits per heavy atom. The summed E-state index contributed by atoms with van der Waals surface area (Å²) in [6, 6.07) is -0.451. The first-order valence-electron chi connectivity index (χ1n) is 7.20. The summed E-state index contributed by atoms with van der Waals surface area (Å²) >= 11 is 0. The smallest absolute Gasteiger partial charge is 0.308 e. The summed E-state index contributed by atoms with van der Waals surface area (Å²) in [5.74, 6) is -1.99. The minimum atomic E-state index is -3.19. The van der Waals surface area contributed by atoms with Crippen LogP contribution >= 0.6 is 0 Å². The lowest BCUT2D eigenvalue weighted by molar-refractivity contribution is -0.142. The number of piperidine rings is 1. The summed E-state index contributed by atoms with van der Waals surface area (Å²) in [4.78, 5) is 22.9. The first-order chi connectivity index (χ1) is 9.69. The van der Waals surface area contributed by atoms with E-state index in [1.165, 1.54) is 4.31 Å². The van der Waals surface area contributed by atoms with Crippen molar-refractivity contribution in [1.82, 2.24) is 9.62 Å². The lowest BCUT2D eigenvalue weighted by atomic mass is 9.95. The molecule has 1 aliphatic heterocycles. The Hall–Kier alpha value is -1.15. The molecule has 0 aromatic carbocycles. The number of nitrogens with one attached hydrogen (secondary N) is 1. The Morgan fingerprint density at radius 1 is 1.29 bits per heavy atom. The maximum atomic E-state index is 12.1. The van der Waals surface area contributed by atoms with Crippen molar-refractivity contribution in [2.24, 2.45) is 11.8 Å². The van der Waals surface area contributed by atoms with Crippen molar-refractivity contribution in [3.05, 3.63) is 0 Å². The van der Waals surface area contributed by atoms with Gasteiger partial charge in [0.15, 0.2) is 0 Å². The lowest BCUT2D eigenvalue weighted by Crippen LogP contribution is -2.47. The summed E-state index contributed by atoms with van der Waals surface area (Å²) in [6.45, 7) is 5.49. The number of carbonyl (C=O) groups excluding carboxylic acids is 1. The van der Waals surface area contributed by atoms with Gasteiger partial charge in [0.1, 0.15) is 0 Å². The van der Waals surface area contributed by atoms with Crippen LogP contribution < -0.4 is 5.32 Å². The first kappa shape index (κ1) is 17.9. The van der Waals surface area contributed by atoms with Gasteiger partial charge >= 0.3 is 5.97 Å². The van der Waals surface area contributed by atoms with Crippen LogP contribution in [-0.4, -0.2) is 54.6 Å². The molecule has 7 nitrogen and oxygen atoms in total. The van der Waals surface area contributed by atoms with E-state index in [9.17, 15) is 18.0 Å². The SMILES string of the molecule is CCS(=O)(=O)N1CCC(C(=O)NC(C)C(C)C(=O)O)CC1. The van der Waals surface area contributed by atoms with E-state index in [0.29, 0.717) is 25.9 Å². The zero-order chi connectivity index (χ0) is 16.2. The summed E-state index contributed by atoms with van der Waals surface area (Å²) in [7, 11) is -3.19. The van der Waals surface area contributed by atoms with Crippen molar-refractivity contribution in [2.75, 3.05) is 18.8 Å². The molecule has 1 fully saturated rings. The molecule has 0 aromatic rings. The van der Waals surface area contributed by atoms with Gasteiger partial charge in [-0.2, -0.15) is 0 Å². The van der Waals surface area contributed by atoms with Gasteiger partial charge < -0.3 is 10.4 Å². The average molecular weight is 320 g/mol. The molecule has 0 aromatic heterocycles. The molecule has 1 rings (SSSR count). The Bertz CT molecular complexity index is 483. The molecule has 0 spiro atoms. The van der Waals surface area contributed by atoms with E-state index >= 15 is 0 Å². The van der Waals surface area contributed by atoms with Crippen molar-refractivity contribution >= 4 is 21.9 Å². The molecule has 2 atom stereocenters. The van der Waals surface area contributed by atoms with Crippen LogP contribution in [0.1, 0.15) is 33.6 Å². The summed E-state index contributed by atoms with van der Waals surface area (Å²) < 4.78 is 24.9. The molecule has 0 bridgehead atoms. The van der Waals surface area contributed by atoms with Crippen LogP contribution in [0.2, 0.25) is 0 Å². The fraction of sp³-hybridized carbons (Fsp3) is 0.846. The number of hydrogen-bond donors (Lipinski definition) is 2. The maximum absolute atomic E-state index is 12.1. The molecule has 1 heterocycles. The molecule has 2 N–H and O–H groups in total. The fourth-order valence-corrected chi connectivity index (χ4v) is 3.39. The second kappa shape index (κ2) is 7.22. The van der Waals surface area contributed by atoms with Gasteiger partial charge in [-0.15, -0.1) is 0 Å². The highest BCUT2D eigenvalue weighted by molar-refractivity contribution is 7.89. The molecule has 1 saturated heterocycles.